The van der Waals surface area contributed by atoms with Crippen LogP contribution in [0.3, 0.4) is 0 Å². The van der Waals surface area contributed by atoms with E-state index >= 15 is 0 Å². The van der Waals surface area contributed by atoms with Crippen LogP contribution in [0.4, 0.5) is 4.39 Å². The highest BCUT2D eigenvalue weighted by Gasteiger charge is 2.08. The highest BCUT2D eigenvalue weighted by Crippen LogP contribution is 2.20. The third-order valence-electron chi connectivity index (χ3n) is 4.26. The van der Waals surface area contributed by atoms with Crippen LogP contribution >= 0.6 is 0 Å². The molecule has 4 heteroatoms. The van der Waals surface area contributed by atoms with Gasteiger partial charge in [-0.15, -0.1) is 0 Å². The standard InChI is InChI=1S/C20H21FN2O/c21-18-8-4-7-16(13-18)19-10-9-17(14-23-19)20(24)22-12-11-15-5-2-1-3-6-15/h4-5,7-10,13-14H,1-3,6,11-12H2,(H,22,24). The first kappa shape index (κ1) is 16.4. The van der Waals surface area contributed by atoms with E-state index in [1.54, 1.807) is 24.3 Å². The van der Waals surface area contributed by atoms with E-state index in [1.165, 1.54) is 36.7 Å². The molecule has 0 radical (unpaired) electrons. The van der Waals surface area contributed by atoms with Crippen LogP contribution < -0.4 is 5.32 Å². The van der Waals surface area contributed by atoms with Gasteiger partial charge in [0, 0.05) is 18.3 Å². The Hall–Kier alpha value is -2.49. The molecule has 0 atom stereocenters. The Labute approximate surface area is 141 Å². The van der Waals surface area contributed by atoms with Gasteiger partial charge in [-0.1, -0.05) is 23.8 Å². The second-order valence-corrected chi connectivity index (χ2v) is 6.06. The number of carbonyl (C=O) groups excluding carboxylic acids is 1. The van der Waals surface area contributed by atoms with E-state index in [-0.39, 0.29) is 11.7 Å². The van der Waals surface area contributed by atoms with Gasteiger partial charge in [0.15, 0.2) is 0 Å². The quantitative estimate of drug-likeness (QED) is 0.822. The molecule has 3 nitrogen and oxygen atoms in total. The third kappa shape index (κ3) is 4.28. The Kier molecular flexibility index (Phi) is 5.36. The number of aromatic nitrogens is 1. The number of amides is 1. The molecule has 24 heavy (non-hydrogen) atoms. The number of nitrogens with zero attached hydrogens (tertiary/aromatic N) is 1. The van der Waals surface area contributed by atoms with E-state index in [9.17, 15) is 9.18 Å². The lowest BCUT2D eigenvalue weighted by Crippen LogP contribution is -2.25. The highest BCUT2D eigenvalue weighted by atomic mass is 19.1. The van der Waals surface area contributed by atoms with Crippen molar-refractivity contribution in [3.05, 3.63) is 65.6 Å². The lowest BCUT2D eigenvalue weighted by Gasteiger charge is -2.13. The molecule has 1 aromatic heterocycles. The summed E-state index contributed by atoms with van der Waals surface area (Å²) in [5.74, 6) is -0.419. The smallest absolute Gasteiger partial charge is 0.252 e. The van der Waals surface area contributed by atoms with Crippen molar-refractivity contribution in [3.8, 4) is 11.3 Å². The molecule has 0 unspecified atom stereocenters. The van der Waals surface area contributed by atoms with Gasteiger partial charge in [0.05, 0.1) is 11.3 Å². The summed E-state index contributed by atoms with van der Waals surface area (Å²) in [6, 6.07) is 9.73. The van der Waals surface area contributed by atoms with Crippen molar-refractivity contribution in [1.29, 1.82) is 0 Å². The van der Waals surface area contributed by atoms with Crippen molar-refractivity contribution in [1.82, 2.24) is 10.3 Å². The summed E-state index contributed by atoms with van der Waals surface area (Å²) in [7, 11) is 0. The van der Waals surface area contributed by atoms with Crippen LogP contribution in [0.25, 0.3) is 11.3 Å². The summed E-state index contributed by atoms with van der Waals surface area (Å²) in [6.45, 7) is 0.649. The summed E-state index contributed by atoms with van der Waals surface area (Å²) >= 11 is 0. The zero-order chi connectivity index (χ0) is 16.8. The van der Waals surface area contributed by atoms with Crippen molar-refractivity contribution in [2.24, 2.45) is 0 Å². The highest BCUT2D eigenvalue weighted by molar-refractivity contribution is 5.94. The molecular weight excluding hydrogens is 303 g/mol. The van der Waals surface area contributed by atoms with E-state index in [0.717, 1.165) is 19.3 Å². The summed E-state index contributed by atoms with van der Waals surface area (Å²) in [5, 5.41) is 2.93. The van der Waals surface area contributed by atoms with Crippen molar-refractivity contribution >= 4 is 5.91 Å². The van der Waals surface area contributed by atoms with Crippen LogP contribution in [-0.4, -0.2) is 17.4 Å². The third-order valence-corrected chi connectivity index (χ3v) is 4.26. The van der Waals surface area contributed by atoms with Crippen LogP contribution in [0.1, 0.15) is 42.5 Å². The number of benzene rings is 1. The first-order valence-corrected chi connectivity index (χ1v) is 8.40. The van der Waals surface area contributed by atoms with Gasteiger partial charge >= 0.3 is 0 Å². The molecule has 0 aliphatic heterocycles. The maximum absolute atomic E-state index is 13.3. The molecule has 0 saturated heterocycles. The van der Waals surface area contributed by atoms with Gasteiger partial charge in [-0.25, -0.2) is 4.39 Å². The summed E-state index contributed by atoms with van der Waals surface area (Å²) in [4.78, 5) is 16.4. The molecule has 0 bridgehead atoms. The maximum atomic E-state index is 13.3. The average Bonchev–Trinajstić information content (AvgIpc) is 2.63. The second-order valence-electron chi connectivity index (χ2n) is 6.06. The zero-order valence-corrected chi connectivity index (χ0v) is 13.6. The lowest BCUT2D eigenvalue weighted by atomic mass is 9.97. The van der Waals surface area contributed by atoms with E-state index in [4.69, 9.17) is 0 Å². The molecular formula is C20H21FN2O. The average molecular weight is 324 g/mol. The van der Waals surface area contributed by atoms with E-state index in [0.29, 0.717) is 23.4 Å². The minimum Gasteiger partial charge on any atom is -0.352 e. The monoisotopic (exact) mass is 324 g/mol. The predicted molar refractivity (Wildman–Crippen MR) is 93.1 cm³/mol. The topological polar surface area (TPSA) is 42.0 Å². The van der Waals surface area contributed by atoms with Gasteiger partial charge in [0.25, 0.3) is 5.91 Å². The minimum absolute atomic E-state index is 0.121. The number of hydrogen-bond acceptors (Lipinski definition) is 2. The SMILES string of the molecule is O=C(NCCC1=CCCCC1)c1ccc(-c2cccc(F)c2)nc1. The summed E-state index contributed by atoms with van der Waals surface area (Å²) < 4.78 is 13.3. The molecule has 2 aromatic rings. The van der Waals surface area contributed by atoms with Crippen LogP contribution in [0.2, 0.25) is 0 Å². The van der Waals surface area contributed by atoms with Crippen LogP contribution in [0.15, 0.2) is 54.2 Å². The van der Waals surface area contributed by atoms with E-state index < -0.39 is 0 Å². The number of nitrogens with one attached hydrogen (secondary N) is 1. The predicted octanol–water partition coefficient (Wildman–Crippen LogP) is 4.51. The molecule has 0 spiro atoms. The number of carbonyl (C=O) groups is 1. The summed E-state index contributed by atoms with van der Waals surface area (Å²) in [6.07, 6.45) is 9.60. The Morgan fingerprint density at radius 1 is 1.21 bits per heavy atom. The van der Waals surface area contributed by atoms with Crippen molar-refractivity contribution in [3.63, 3.8) is 0 Å². The van der Waals surface area contributed by atoms with E-state index in [1.807, 2.05) is 0 Å². The maximum Gasteiger partial charge on any atom is 0.252 e. The number of pyridine rings is 1. The Bertz CT molecular complexity index is 738. The Balaban J connectivity index is 1.56. The van der Waals surface area contributed by atoms with Gasteiger partial charge in [-0.3, -0.25) is 9.78 Å². The van der Waals surface area contributed by atoms with Gasteiger partial charge in [0.2, 0.25) is 0 Å². The summed E-state index contributed by atoms with van der Waals surface area (Å²) in [5.41, 5.74) is 3.32. The van der Waals surface area contributed by atoms with Gasteiger partial charge < -0.3 is 5.32 Å². The van der Waals surface area contributed by atoms with Gasteiger partial charge in [-0.2, -0.15) is 0 Å². The van der Waals surface area contributed by atoms with E-state index in [2.05, 4.69) is 16.4 Å². The number of hydrogen-bond donors (Lipinski definition) is 1. The van der Waals surface area contributed by atoms with Gasteiger partial charge in [-0.05, 0) is 56.4 Å². The van der Waals surface area contributed by atoms with Crippen LogP contribution in [-0.2, 0) is 0 Å². The van der Waals surface area contributed by atoms with Crippen molar-refractivity contribution < 1.29 is 9.18 Å². The number of rotatable bonds is 5. The van der Waals surface area contributed by atoms with Crippen LogP contribution in [0.5, 0.6) is 0 Å². The molecule has 1 aliphatic rings. The molecule has 0 fully saturated rings. The lowest BCUT2D eigenvalue weighted by molar-refractivity contribution is 0.0953. The second kappa shape index (κ2) is 7.86. The van der Waals surface area contributed by atoms with Crippen LogP contribution in [0, 0.1) is 5.82 Å². The fourth-order valence-corrected chi connectivity index (χ4v) is 2.92. The molecule has 3 rings (SSSR count). The zero-order valence-electron chi connectivity index (χ0n) is 13.6. The number of halogens is 1. The number of allylic oxidation sites excluding steroid dienone is 1. The fraction of sp³-hybridized carbons (Fsp3) is 0.300. The molecule has 1 aromatic carbocycles. The minimum atomic E-state index is -0.298. The first-order chi connectivity index (χ1) is 11.7. The molecule has 124 valence electrons. The molecule has 1 amide bonds. The largest absolute Gasteiger partial charge is 0.352 e. The molecule has 1 heterocycles. The van der Waals surface area contributed by atoms with Gasteiger partial charge in [0.1, 0.15) is 5.82 Å². The molecule has 1 aliphatic carbocycles. The fourth-order valence-electron chi connectivity index (χ4n) is 2.92. The Morgan fingerprint density at radius 3 is 2.83 bits per heavy atom. The normalized spacial score (nSPS) is 14.1. The Morgan fingerprint density at radius 2 is 2.12 bits per heavy atom. The van der Waals surface area contributed by atoms with Crippen molar-refractivity contribution in [2.75, 3.05) is 6.54 Å². The first-order valence-electron chi connectivity index (χ1n) is 8.40. The molecule has 0 saturated carbocycles. The molecule has 1 N–H and O–H groups in total. The van der Waals surface area contributed by atoms with Crippen molar-refractivity contribution in [2.45, 2.75) is 32.1 Å².